The topological polar surface area (TPSA) is 61.4 Å². The number of carbonyl (C=O) groups excluding carboxylic acids is 2. The molecule has 7 heteroatoms. The van der Waals surface area contributed by atoms with Crippen LogP contribution in [0.1, 0.15) is 0 Å². The van der Waals surface area contributed by atoms with Gasteiger partial charge in [0.2, 0.25) is 0 Å². The van der Waals surface area contributed by atoms with Crippen LogP contribution in [0.3, 0.4) is 0 Å². The molecule has 0 bridgehead atoms. The standard InChI is InChI=1S/C12H13ClIN3O2/c13-8-1-2-10(9(14)7-8)16-11(18)12(19)17-5-3-15-4-6-17/h1-2,7,15H,3-6H2,(H,16,18). The molecular formula is C12H13ClIN3O2. The van der Waals surface area contributed by atoms with Gasteiger partial charge in [-0.05, 0) is 40.8 Å². The Balaban J connectivity index is 2.01. The number of amides is 2. The molecule has 1 aromatic rings. The molecule has 1 heterocycles. The van der Waals surface area contributed by atoms with Crippen LogP contribution in [0.4, 0.5) is 5.69 Å². The molecule has 0 atom stereocenters. The summed E-state index contributed by atoms with van der Waals surface area (Å²) in [6.07, 6.45) is 0. The number of hydrogen-bond donors (Lipinski definition) is 2. The van der Waals surface area contributed by atoms with Crippen LogP contribution in [0.25, 0.3) is 0 Å². The minimum atomic E-state index is -0.609. The van der Waals surface area contributed by atoms with Crippen molar-refractivity contribution in [2.75, 3.05) is 31.5 Å². The Morgan fingerprint density at radius 3 is 2.63 bits per heavy atom. The average molecular weight is 394 g/mol. The van der Waals surface area contributed by atoms with E-state index in [0.29, 0.717) is 23.8 Å². The third-order valence-corrected chi connectivity index (χ3v) is 3.91. The van der Waals surface area contributed by atoms with Gasteiger partial charge < -0.3 is 15.5 Å². The van der Waals surface area contributed by atoms with E-state index in [9.17, 15) is 9.59 Å². The van der Waals surface area contributed by atoms with Gasteiger partial charge in [-0.1, -0.05) is 11.6 Å². The van der Waals surface area contributed by atoms with E-state index in [1.54, 1.807) is 23.1 Å². The average Bonchev–Trinajstić information content (AvgIpc) is 2.42. The second-order valence-corrected chi connectivity index (χ2v) is 5.72. The second-order valence-electron chi connectivity index (χ2n) is 4.12. The summed E-state index contributed by atoms with van der Waals surface area (Å²) in [5.41, 5.74) is 0.596. The first-order chi connectivity index (χ1) is 9.08. The largest absolute Gasteiger partial charge is 0.332 e. The van der Waals surface area contributed by atoms with Gasteiger partial charge in [-0.15, -0.1) is 0 Å². The maximum Gasteiger partial charge on any atom is 0.313 e. The number of benzene rings is 1. The monoisotopic (exact) mass is 393 g/mol. The van der Waals surface area contributed by atoms with Crippen LogP contribution in [0, 0.1) is 3.57 Å². The van der Waals surface area contributed by atoms with E-state index in [2.05, 4.69) is 33.2 Å². The fourth-order valence-electron chi connectivity index (χ4n) is 1.78. The van der Waals surface area contributed by atoms with Crippen LogP contribution >= 0.6 is 34.2 Å². The molecule has 0 saturated carbocycles. The summed E-state index contributed by atoms with van der Waals surface area (Å²) in [4.78, 5) is 25.4. The first kappa shape index (κ1) is 14.5. The fourth-order valence-corrected chi connectivity index (χ4v) is 2.78. The minimum absolute atomic E-state index is 0.493. The Morgan fingerprint density at radius 1 is 1.32 bits per heavy atom. The highest BCUT2D eigenvalue weighted by Crippen LogP contribution is 2.22. The van der Waals surface area contributed by atoms with Crippen molar-refractivity contribution >= 4 is 51.7 Å². The van der Waals surface area contributed by atoms with Gasteiger partial charge in [-0.25, -0.2) is 0 Å². The Bertz CT molecular complexity index is 504. The molecular weight excluding hydrogens is 381 g/mol. The molecule has 102 valence electrons. The molecule has 0 aromatic heterocycles. The van der Waals surface area contributed by atoms with Crippen LogP contribution in [-0.2, 0) is 9.59 Å². The molecule has 1 aromatic carbocycles. The first-order valence-corrected chi connectivity index (χ1v) is 7.29. The van der Waals surface area contributed by atoms with Crippen molar-refractivity contribution in [2.45, 2.75) is 0 Å². The van der Waals surface area contributed by atoms with Crippen molar-refractivity contribution in [3.05, 3.63) is 26.8 Å². The smallest absolute Gasteiger partial charge is 0.313 e. The van der Waals surface area contributed by atoms with E-state index in [1.165, 1.54) is 0 Å². The van der Waals surface area contributed by atoms with E-state index < -0.39 is 11.8 Å². The van der Waals surface area contributed by atoms with Crippen LogP contribution < -0.4 is 10.6 Å². The number of nitrogens with one attached hydrogen (secondary N) is 2. The first-order valence-electron chi connectivity index (χ1n) is 5.84. The molecule has 2 amide bonds. The minimum Gasteiger partial charge on any atom is -0.332 e. The fraction of sp³-hybridized carbons (Fsp3) is 0.333. The van der Waals surface area contributed by atoms with Crippen molar-refractivity contribution in [3.63, 3.8) is 0 Å². The van der Waals surface area contributed by atoms with E-state index in [0.717, 1.165) is 16.7 Å². The highest BCUT2D eigenvalue weighted by atomic mass is 127. The van der Waals surface area contributed by atoms with Gasteiger partial charge in [-0.3, -0.25) is 9.59 Å². The summed E-state index contributed by atoms with van der Waals surface area (Å²) in [5, 5.41) is 6.34. The van der Waals surface area contributed by atoms with E-state index in [1.807, 2.05) is 0 Å². The van der Waals surface area contributed by atoms with Crippen LogP contribution in [-0.4, -0.2) is 42.9 Å². The molecule has 0 spiro atoms. The highest BCUT2D eigenvalue weighted by molar-refractivity contribution is 14.1. The van der Waals surface area contributed by atoms with Crippen molar-refractivity contribution in [1.29, 1.82) is 0 Å². The third-order valence-electron chi connectivity index (χ3n) is 2.78. The van der Waals surface area contributed by atoms with E-state index in [4.69, 9.17) is 11.6 Å². The summed E-state index contributed by atoms with van der Waals surface area (Å²) in [7, 11) is 0. The molecule has 1 fully saturated rings. The van der Waals surface area contributed by atoms with Gasteiger partial charge in [0.1, 0.15) is 0 Å². The maximum atomic E-state index is 11.9. The number of carbonyl (C=O) groups is 2. The normalized spacial score (nSPS) is 15.2. The third kappa shape index (κ3) is 3.80. The predicted molar refractivity (Wildman–Crippen MR) is 82.2 cm³/mol. The second kappa shape index (κ2) is 6.53. The maximum absolute atomic E-state index is 11.9. The molecule has 2 N–H and O–H groups in total. The van der Waals surface area contributed by atoms with Gasteiger partial charge in [0.05, 0.1) is 5.69 Å². The Morgan fingerprint density at radius 2 is 2.00 bits per heavy atom. The molecule has 1 saturated heterocycles. The zero-order valence-electron chi connectivity index (χ0n) is 10.1. The Kier molecular flexibility index (Phi) is 5.00. The predicted octanol–water partition coefficient (Wildman–Crippen LogP) is 1.31. The summed E-state index contributed by atoms with van der Waals surface area (Å²) >= 11 is 7.90. The summed E-state index contributed by atoms with van der Waals surface area (Å²) in [6.45, 7) is 2.56. The quantitative estimate of drug-likeness (QED) is 0.559. The zero-order chi connectivity index (χ0) is 13.8. The van der Waals surface area contributed by atoms with Crippen LogP contribution in [0.15, 0.2) is 18.2 Å². The van der Waals surface area contributed by atoms with Gasteiger partial charge in [0.25, 0.3) is 0 Å². The lowest BCUT2D eigenvalue weighted by Gasteiger charge is -2.26. The lowest BCUT2D eigenvalue weighted by molar-refractivity contribution is -0.143. The summed E-state index contributed by atoms with van der Waals surface area (Å²) < 4.78 is 0.798. The molecule has 0 radical (unpaired) electrons. The van der Waals surface area contributed by atoms with Gasteiger partial charge in [-0.2, -0.15) is 0 Å². The molecule has 1 aliphatic rings. The lowest BCUT2D eigenvalue weighted by Crippen LogP contribution is -2.49. The van der Waals surface area contributed by atoms with E-state index >= 15 is 0 Å². The van der Waals surface area contributed by atoms with Crippen molar-refractivity contribution in [1.82, 2.24) is 10.2 Å². The number of rotatable bonds is 1. The molecule has 2 rings (SSSR count). The highest BCUT2D eigenvalue weighted by Gasteiger charge is 2.23. The number of piperazine rings is 1. The summed E-state index contributed by atoms with van der Waals surface area (Å²) in [5.74, 6) is -1.10. The molecule has 0 aliphatic carbocycles. The van der Waals surface area contributed by atoms with Gasteiger partial charge in [0, 0.05) is 34.8 Å². The van der Waals surface area contributed by atoms with Crippen LogP contribution in [0.2, 0.25) is 5.02 Å². The number of hydrogen-bond acceptors (Lipinski definition) is 3. The number of anilines is 1. The Labute approximate surface area is 129 Å². The molecule has 19 heavy (non-hydrogen) atoms. The SMILES string of the molecule is O=C(Nc1ccc(Cl)cc1I)C(=O)N1CCNCC1. The van der Waals surface area contributed by atoms with Crippen molar-refractivity contribution in [2.24, 2.45) is 0 Å². The number of halogens is 2. The Hall–Kier alpha value is -0.860. The summed E-state index contributed by atoms with van der Waals surface area (Å²) in [6, 6.07) is 5.09. The van der Waals surface area contributed by atoms with Crippen molar-refractivity contribution in [3.8, 4) is 0 Å². The number of nitrogens with zero attached hydrogens (tertiary/aromatic N) is 1. The molecule has 1 aliphatic heterocycles. The van der Waals surface area contributed by atoms with Crippen LogP contribution in [0.5, 0.6) is 0 Å². The lowest BCUT2D eigenvalue weighted by atomic mass is 10.3. The molecule has 5 nitrogen and oxygen atoms in total. The van der Waals surface area contributed by atoms with Gasteiger partial charge in [0.15, 0.2) is 0 Å². The van der Waals surface area contributed by atoms with Gasteiger partial charge >= 0.3 is 11.8 Å². The zero-order valence-corrected chi connectivity index (χ0v) is 13.0. The molecule has 0 unspecified atom stereocenters. The van der Waals surface area contributed by atoms with Crippen molar-refractivity contribution < 1.29 is 9.59 Å². The van der Waals surface area contributed by atoms with E-state index in [-0.39, 0.29) is 0 Å².